The Hall–Kier alpha value is -4.11. The number of carbonyl (C=O) groups excluding carboxylic acids is 3. The SMILES string of the molecule is CCCN1CC(=O)N(C[C@@H]2N=C(N)N3CC(NC(=O)c4cccc5c4OCCC5(C)C)C(O)(O)[C@@]34NC(N)=N[C@@H]24)C1=O. The molecule has 2 saturated heterocycles. The maximum Gasteiger partial charge on any atom is 0.327 e. The lowest BCUT2D eigenvalue weighted by Gasteiger charge is -2.49. The number of nitrogens with one attached hydrogen (secondary N) is 2. The first kappa shape index (κ1) is 28.0. The van der Waals surface area contributed by atoms with Gasteiger partial charge in [0.1, 0.15) is 24.4 Å². The van der Waals surface area contributed by atoms with Crippen LogP contribution in [0.4, 0.5) is 4.79 Å². The number of hydrogen-bond acceptors (Lipinski definition) is 12. The fraction of sp³-hybridized carbons (Fsp3) is 0.593. The predicted molar refractivity (Wildman–Crippen MR) is 150 cm³/mol. The van der Waals surface area contributed by atoms with Crippen molar-refractivity contribution in [1.29, 1.82) is 0 Å². The van der Waals surface area contributed by atoms with Crippen LogP contribution >= 0.6 is 0 Å². The molecule has 15 nitrogen and oxygen atoms in total. The first-order valence-corrected chi connectivity index (χ1v) is 14.2. The topological polar surface area (TPSA) is 211 Å². The number of nitrogens with zero attached hydrogens (tertiary/aromatic N) is 5. The molecule has 1 unspecified atom stereocenters. The predicted octanol–water partition coefficient (Wildman–Crippen LogP) is -1.80. The number of hydrogen-bond donors (Lipinski definition) is 6. The molecule has 1 spiro atoms. The Labute approximate surface area is 242 Å². The van der Waals surface area contributed by atoms with Gasteiger partial charge in [-0.2, -0.15) is 0 Å². The molecule has 15 heteroatoms. The molecule has 2 fully saturated rings. The van der Waals surface area contributed by atoms with Crippen LogP contribution in [-0.4, -0.2) is 117 Å². The minimum Gasteiger partial charge on any atom is -0.492 e. The summed E-state index contributed by atoms with van der Waals surface area (Å²) >= 11 is 0. The van der Waals surface area contributed by atoms with Gasteiger partial charge in [0.15, 0.2) is 17.6 Å². The second-order valence-electron chi connectivity index (χ2n) is 12.1. The highest BCUT2D eigenvalue weighted by molar-refractivity contribution is 6.02. The molecule has 0 bridgehead atoms. The lowest BCUT2D eigenvalue weighted by molar-refractivity contribution is -0.230. The molecule has 5 aliphatic rings. The second-order valence-corrected chi connectivity index (χ2v) is 12.1. The third kappa shape index (κ3) is 3.90. The summed E-state index contributed by atoms with van der Waals surface area (Å²) in [5.74, 6) is -3.33. The van der Waals surface area contributed by atoms with Crippen LogP contribution in [-0.2, 0) is 10.2 Å². The molecular formula is C27H37N9O6. The van der Waals surface area contributed by atoms with Gasteiger partial charge in [-0.15, -0.1) is 0 Å². The summed E-state index contributed by atoms with van der Waals surface area (Å²) in [6.07, 6.45) is 1.48. The molecule has 1 aromatic carbocycles. The van der Waals surface area contributed by atoms with E-state index in [0.29, 0.717) is 25.3 Å². The molecule has 5 heterocycles. The van der Waals surface area contributed by atoms with Crippen LogP contribution in [0.25, 0.3) is 0 Å². The Balaban J connectivity index is 1.29. The Bertz CT molecular complexity index is 1410. The largest absolute Gasteiger partial charge is 0.492 e. The van der Waals surface area contributed by atoms with Crippen molar-refractivity contribution in [3.8, 4) is 5.75 Å². The van der Waals surface area contributed by atoms with Crippen molar-refractivity contribution in [2.45, 2.75) is 68.6 Å². The molecular weight excluding hydrogens is 546 g/mol. The van der Waals surface area contributed by atoms with Crippen LogP contribution in [0, 0.1) is 0 Å². The van der Waals surface area contributed by atoms with E-state index in [1.54, 1.807) is 12.1 Å². The fourth-order valence-corrected chi connectivity index (χ4v) is 6.82. The van der Waals surface area contributed by atoms with Crippen molar-refractivity contribution in [3.05, 3.63) is 29.3 Å². The van der Waals surface area contributed by atoms with E-state index in [2.05, 4.69) is 34.5 Å². The monoisotopic (exact) mass is 583 g/mol. The van der Waals surface area contributed by atoms with Crippen molar-refractivity contribution in [2.75, 3.05) is 32.8 Å². The van der Waals surface area contributed by atoms with Gasteiger partial charge in [0.2, 0.25) is 11.7 Å². The standard InChI is InChI=1S/C27H37N9O6/c1-4-9-34-13-18(37)35(24(34)39)11-16-20-26(33-22(28)32-20)27(40,41)17(12-36(26)23(29)30-16)31-21(38)14-6-5-7-15-19(14)42-10-8-25(15,2)3/h5-7,16-17,20,40-41H,4,8-13H2,1-3H3,(H2,29,30)(H,31,38)(H3,28,32,33)/t16-,17?,20-,26-/m0/s1. The fourth-order valence-electron chi connectivity index (χ4n) is 6.82. The maximum absolute atomic E-state index is 13.6. The summed E-state index contributed by atoms with van der Waals surface area (Å²) in [6.45, 7) is 6.57. The highest BCUT2D eigenvalue weighted by Gasteiger charge is 2.73. The molecule has 5 aliphatic heterocycles. The number of aliphatic imine (C=N–C) groups is 2. The number of amides is 4. The second kappa shape index (κ2) is 9.46. The van der Waals surface area contributed by atoms with Crippen LogP contribution in [0.2, 0.25) is 0 Å². The van der Waals surface area contributed by atoms with Crippen molar-refractivity contribution >= 4 is 29.8 Å². The number of imide groups is 1. The average Bonchev–Trinajstić information content (AvgIpc) is 3.49. The summed E-state index contributed by atoms with van der Waals surface area (Å²) in [5, 5.41) is 29.2. The zero-order valence-corrected chi connectivity index (χ0v) is 23.8. The van der Waals surface area contributed by atoms with Gasteiger partial charge in [-0.25, -0.2) is 14.8 Å². The number of nitrogens with two attached hydrogens (primary N) is 2. The number of para-hydroxylation sites is 1. The van der Waals surface area contributed by atoms with Crippen molar-refractivity contribution in [1.82, 2.24) is 25.3 Å². The van der Waals surface area contributed by atoms with Crippen LogP contribution in [0.5, 0.6) is 5.75 Å². The number of fused-ring (bicyclic) bond motifs is 1. The number of urea groups is 1. The first-order valence-electron chi connectivity index (χ1n) is 14.2. The molecule has 0 aliphatic carbocycles. The van der Waals surface area contributed by atoms with E-state index in [0.717, 1.165) is 16.9 Å². The third-order valence-electron chi connectivity index (χ3n) is 9.06. The van der Waals surface area contributed by atoms with Gasteiger partial charge >= 0.3 is 6.03 Å². The highest BCUT2D eigenvalue weighted by atomic mass is 16.5. The van der Waals surface area contributed by atoms with Gasteiger partial charge in [0.25, 0.3) is 5.91 Å². The molecule has 42 heavy (non-hydrogen) atoms. The van der Waals surface area contributed by atoms with Crippen LogP contribution in [0.1, 0.15) is 49.5 Å². The van der Waals surface area contributed by atoms with Gasteiger partial charge < -0.3 is 46.9 Å². The molecule has 4 atom stereocenters. The number of aliphatic hydroxyl groups is 2. The summed E-state index contributed by atoms with van der Waals surface area (Å²) in [6, 6.07) is 1.60. The molecule has 226 valence electrons. The number of ether oxygens (including phenoxy) is 1. The molecule has 0 radical (unpaired) electrons. The zero-order chi connectivity index (χ0) is 30.2. The zero-order valence-electron chi connectivity index (χ0n) is 23.8. The van der Waals surface area contributed by atoms with E-state index in [9.17, 15) is 24.6 Å². The van der Waals surface area contributed by atoms with Crippen LogP contribution in [0.3, 0.4) is 0 Å². The number of carbonyl (C=O) groups is 3. The van der Waals surface area contributed by atoms with Crippen LogP contribution in [0.15, 0.2) is 28.2 Å². The number of benzene rings is 1. The normalized spacial score (nSPS) is 30.6. The first-order chi connectivity index (χ1) is 19.8. The molecule has 8 N–H and O–H groups in total. The van der Waals surface area contributed by atoms with Crippen molar-refractivity contribution < 1.29 is 29.3 Å². The Morgan fingerprint density at radius 1 is 1.24 bits per heavy atom. The molecule has 4 amide bonds. The highest BCUT2D eigenvalue weighted by Crippen LogP contribution is 2.45. The quantitative estimate of drug-likeness (QED) is 0.163. The van der Waals surface area contributed by atoms with E-state index in [-0.39, 0.29) is 42.5 Å². The van der Waals surface area contributed by atoms with E-state index < -0.39 is 47.4 Å². The van der Waals surface area contributed by atoms with Crippen molar-refractivity contribution in [2.24, 2.45) is 21.5 Å². The number of guanidine groups is 2. The number of rotatable bonds is 6. The Kier molecular flexibility index (Phi) is 6.31. The van der Waals surface area contributed by atoms with E-state index in [4.69, 9.17) is 16.2 Å². The summed E-state index contributed by atoms with van der Waals surface area (Å²) in [4.78, 5) is 52.1. The van der Waals surface area contributed by atoms with E-state index in [1.165, 1.54) is 9.80 Å². The summed E-state index contributed by atoms with van der Waals surface area (Å²) in [7, 11) is 0. The van der Waals surface area contributed by atoms with Gasteiger partial charge in [0.05, 0.1) is 24.8 Å². The van der Waals surface area contributed by atoms with Crippen LogP contribution < -0.4 is 26.8 Å². The molecule has 1 aromatic rings. The molecule has 6 rings (SSSR count). The summed E-state index contributed by atoms with van der Waals surface area (Å²) < 4.78 is 5.89. The average molecular weight is 584 g/mol. The molecule has 0 saturated carbocycles. The lowest BCUT2D eigenvalue weighted by Crippen LogP contribution is -2.78. The lowest BCUT2D eigenvalue weighted by atomic mass is 9.79. The minimum absolute atomic E-state index is 0.0493. The third-order valence-corrected chi connectivity index (χ3v) is 9.06. The summed E-state index contributed by atoms with van der Waals surface area (Å²) in [5.41, 5.74) is 11.6. The molecule has 0 aromatic heterocycles. The van der Waals surface area contributed by atoms with Gasteiger partial charge in [-0.1, -0.05) is 32.9 Å². The van der Waals surface area contributed by atoms with Crippen molar-refractivity contribution in [3.63, 3.8) is 0 Å². The maximum atomic E-state index is 13.6. The van der Waals surface area contributed by atoms with Gasteiger partial charge in [0, 0.05) is 18.7 Å². The minimum atomic E-state index is -2.67. The Morgan fingerprint density at radius 3 is 2.74 bits per heavy atom. The smallest absolute Gasteiger partial charge is 0.327 e. The van der Waals surface area contributed by atoms with Gasteiger partial charge in [-0.3, -0.25) is 14.5 Å². The van der Waals surface area contributed by atoms with E-state index >= 15 is 0 Å². The van der Waals surface area contributed by atoms with Gasteiger partial charge in [-0.05, 0) is 24.3 Å². The van der Waals surface area contributed by atoms with E-state index in [1.807, 2.05) is 13.0 Å². The Morgan fingerprint density at radius 2 is 2.00 bits per heavy atom.